The molecule has 0 amide bonds. The molecule has 0 aliphatic carbocycles. The lowest BCUT2D eigenvalue weighted by atomic mass is 9.91. The topological polar surface area (TPSA) is 49.3 Å². The van der Waals surface area contributed by atoms with Gasteiger partial charge in [-0.3, -0.25) is 4.79 Å². The largest absolute Gasteiger partial charge is 0.481 e. The minimum atomic E-state index is -0.778. The second-order valence-corrected chi connectivity index (χ2v) is 4.09. The van der Waals surface area contributed by atoms with E-state index in [2.05, 4.69) is 5.32 Å². The van der Waals surface area contributed by atoms with Crippen LogP contribution in [0.4, 0.5) is 4.39 Å². The number of nitrogens with one attached hydrogen (secondary N) is 1. The third-order valence-corrected chi connectivity index (χ3v) is 3.04. The summed E-state index contributed by atoms with van der Waals surface area (Å²) in [5, 5.41) is 11.9. The number of halogens is 1. The Morgan fingerprint density at radius 2 is 2.12 bits per heavy atom. The normalized spacial score (nSPS) is 25.3. The summed E-state index contributed by atoms with van der Waals surface area (Å²) < 4.78 is 13.5. The van der Waals surface area contributed by atoms with E-state index in [1.54, 1.807) is 18.2 Å². The average Bonchev–Trinajstić information content (AvgIpc) is 2.30. The van der Waals surface area contributed by atoms with Crippen LogP contribution in [0.2, 0.25) is 0 Å². The van der Waals surface area contributed by atoms with Gasteiger partial charge in [-0.05, 0) is 18.9 Å². The Bertz CT molecular complexity index is 386. The lowest BCUT2D eigenvalue weighted by molar-refractivity contribution is -0.142. The van der Waals surface area contributed by atoms with Crippen LogP contribution >= 0.6 is 0 Å². The van der Waals surface area contributed by atoms with Gasteiger partial charge in [0.05, 0.1) is 5.92 Å². The zero-order valence-corrected chi connectivity index (χ0v) is 8.82. The number of carbonyl (C=O) groups is 1. The van der Waals surface area contributed by atoms with Crippen molar-refractivity contribution in [2.24, 2.45) is 5.92 Å². The maximum absolute atomic E-state index is 13.5. The molecule has 1 fully saturated rings. The zero-order valence-electron chi connectivity index (χ0n) is 8.82. The molecule has 0 saturated carbocycles. The molecule has 4 heteroatoms. The van der Waals surface area contributed by atoms with Crippen LogP contribution in [-0.4, -0.2) is 17.6 Å². The zero-order chi connectivity index (χ0) is 11.5. The van der Waals surface area contributed by atoms with E-state index < -0.39 is 5.97 Å². The van der Waals surface area contributed by atoms with Gasteiger partial charge in [-0.15, -0.1) is 0 Å². The van der Waals surface area contributed by atoms with E-state index >= 15 is 0 Å². The summed E-state index contributed by atoms with van der Waals surface area (Å²) in [6, 6.07) is 6.57. The highest BCUT2D eigenvalue weighted by molar-refractivity contribution is 5.70. The molecule has 16 heavy (non-hydrogen) atoms. The van der Waals surface area contributed by atoms with Gasteiger partial charge in [-0.2, -0.15) is 0 Å². The molecule has 86 valence electrons. The Kier molecular flexibility index (Phi) is 3.19. The summed E-state index contributed by atoms with van der Waals surface area (Å²) in [6.45, 7) is 0.411. The first-order chi connectivity index (χ1) is 7.68. The fourth-order valence-corrected chi connectivity index (χ4v) is 2.09. The van der Waals surface area contributed by atoms with E-state index in [-0.39, 0.29) is 17.8 Å². The first kappa shape index (κ1) is 11.1. The Morgan fingerprint density at radius 1 is 1.38 bits per heavy atom. The van der Waals surface area contributed by atoms with Crippen molar-refractivity contribution in [2.75, 3.05) is 6.54 Å². The highest BCUT2D eigenvalue weighted by Gasteiger charge is 2.27. The van der Waals surface area contributed by atoms with Gasteiger partial charge in [0.1, 0.15) is 5.82 Å². The minimum absolute atomic E-state index is 0.0585. The van der Waals surface area contributed by atoms with Crippen molar-refractivity contribution >= 4 is 5.97 Å². The molecule has 3 nitrogen and oxygen atoms in total. The van der Waals surface area contributed by atoms with E-state index in [9.17, 15) is 9.18 Å². The lowest BCUT2D eigenvalue weighted by Crippen LogP contribution is -2.37. The van der Waals surface area contributed by atoms with Crippen LogP contribution in [-0.2, 0) is 4.79 Å². The molecule has 0 radical (unpaired) electrons. The number of piperidine rings is 1. The SMILES string of the molecule is O=C(O)C1CCC(c2ccccc2F)NC1. The average molecular weight is 223 g/mol. The van der Waals surface area contributed by atoms with Gasteiger partial charge < -0.3 is 10.4 Å². The Labute approximate surface area is 93.3 Å². The van der Waals surface area contributed by atoms with Gasteiger partial charge >= 0.3 is 5.97 Å². The molecule has 2 unspecified atom stereocenters. The van der Waals surface area contributed by atoms with Crippen LogP contribution in [0.5, 0.6) is 0 Å². The first-order valence-corrected chi connectivity index (χ1v) is 5.39. The van der Waals surface area contributed by atoms with Crippen molar-refractivity contribution in [1.29, 1.82) is 0 Å². The van der Waals surface area contributed by atoms with E-state index in [0.717, 1.165) is 0 Å². The smallest absolute Gasteiger partial charge is 0.307 e. The second-order valence-electron chi connectivity index (χ2n) is 4.09. The van der Waals surface area contributed by atoms with Gasteiger partial charge in [-0.1, -0.05) is 18.2 Å². The maximum atomic E-state index is 13.5. The molecule has 1 aromatic rings. The number of hydrogen-bond acceptors (Lipinski definition) is 2. The van der Waals surface area contributed by atoms with Crippen LogP contribution in [0.1, 0.15) is 24.4 Å². The summed E-state index contributed by atoms with van der Waals surface area (Å²) in [5.41, 5.74) is 0.631. The molecular weight excluding hydrogens is 209 g/mol. The van der Waals surface area contributed by atoms with E-state index in [0.29, 0.717) is 24.9 Å². The van der Waals surface area contributed by atoms with E-state index in [4.69, 9.17) is 5.11 Å². The fraction of sp³-hybridized carbons (Fsp3) is 0.417. The summed E-state index contributed by atoms with van der Waals surface area (Å²) in [4.78, 5) is 10.8. The predicted molar refractivity (Wildman–Crippen MR) is 57.5 cm³/mol. The summed E-state index contributed by atoms with van der Waals surface area (Å²) in [7, 11) is 0. The summed E-state index contributed by atoms with van der Waals surface area (Å²) in [6.07, 6.45) is 1.26. The molecule has 2 atom stereocenters. The predicted octanol–water partition coefficient (Wildman–Crippen LogP) is 1.95. The van der Waals surface area contributed by atoms with Crippen LogP contribution in [0, 0.1) is 11.7 Å². The molecule has 0 aromatic heterocycles. The molecule has 1 aromatic carbocycles. The highest BCUT2D eigenvalue weighted by Crippen LogP contribution is 2.27. The monoisotopic (exact) mass is 223 g/mol. The van der Waals surface area contributed by atoms with Crippen molar-refractivity contribution in [3.63, 3.8) is 0 Å². The van der Waals surface area contributed by atoms with Gasteiger partial charge in [0.2, 0.25) is 0 Å². The van der Waals surface area contributed by atoms with E-state index in [1.165, 1.54) is 6.07 Å². The molecule has 1 heterocycles. The van der Waals surface area contributed by atoms with Gasteiger partial charge in [0, 0.05) is 18.2 Å². The van der Waals surface area contributed by atoms with Crippen molar-refractivity contribution < 1.29 is 14.3 Å². The first-order valence-electron chi connectivity index (χ1n) is 5.39. The molecule has 0 spiro atoms. The minimum Gasteiger partial charge on any atom is -0.481 e. The molecule has 1 aliphatic heterocycles. The van der Waals surface area contributed by atoms with Crippen LogP contribution in [0.25, 0.3) is 0 Å². The number of hydrogen-bond donors (Lipinski definition) is 2. The quantitative estimate of drug-likeness (QED) is 0.805. The third-order valence-electron chi connectivity index (χ3n) is 3.04. The number of aliphatic carboxylic acids is 1. The summed E-state index contributed by atoms with van der Waals surface area (Å²) >= 11 is 0. The number of carboxylic acids is 1. The molecule has 1 aliphatic rings. The Morgan fingerprint density at radius 3 is 2.69 bits per heavy atom. The van der Waals surface area contributed by atoms with E-state index in [1.807, 2.05) is 0 Å². The molecule has 2 N–H and O–H groups in total. The van der Waals surface area contributed by atoms with Crippen molar-refractivity contribution in [2.45, 2.75) is 18.9 Å². The Balaban J connectivity index is 2.05. The number of rotatable bonds is 2. The van der Waals surface area contributed by atoms with Crippen molar-refractivity contribution in [3.05, 3.63) is 35.6 Å². The summed E-state index contributed by atoms with van der Waals surface area (Å²) in [5.74, 6) is -1.35. The van der Waals surface area contributed by atoms with Gasteiger partial charge in [0.25, 0.3) is 0 Å². The van der Waals surface area contributed by atoms with Crippen LogP contribution in [0.15, 0.2) is 24.3 Å². The number of carboxylic acid groups (broad SMARTS) is 1. The standard InChI is InChI=1S/C12H14FNO2/c13-10-4-2-1-3-9(10)11-6-5-8(7-14-11)12(15)16/h1-4,8,11,14H,5-7H2,(H,15,16). The molecular formula is C12H14FNO2. The molecule has 2 rings (SSSR count). The molecule has 1 saturated heterocycles. The second kappa shape index (κ2) is 4.61. The maximum Gasteiger partial charge on any atom is 0.307 e. The fourth-order valence-electron chi connectivity index (χ4n) is 2.09. The Hall–Kier alpha value is -1.42. The van der Waals surface area contributed by atoms with Crippen molar-refractivity contribution in [3.8, 4) is 0 Å². The third kappa shape index (κ3) is 2.22. The van der Waals surface area contributed by atoms with Gasteiger partial charge in [0.15, 0.2) is 0 Å². The van der Waals surface area contributed by atoms with Gasteiger partial charge in [-0.25, -0.2) is 4.39 Å². The van der Waals surface area contributed by atoms with Crippen LogP contribution in [0.3, 0.4) is 0 Å². The van der Waals surface area contributed by atoms with Crippen molar-refractivity contribution in [1.82, 2.24) is 5.32 Å². The number of benzene rings is 1. The lowest BCUT2D eigenvalue weighted by Gasteiger charge is -2.28. The van der Waals surface area contributed by atoms with Crippen LogP contribution < -0.4 is 5.32 Å². The molecule has 0 bridgehead atoms. The highest BCUT2D eigenvalue weighted by atomic mass is 19.1.